The lowest BCUT2D eigenvalue weighted by Crippen LogP contribution is -2.13. The first-order valence-corrected chi connectivity index (χ1v) is 7.85. The number of carbonyl (C=O) groups is 1. The van der Waals surface area contributed by atoms with Crippen LogP contribution in [0.15, 0.2) is 73.1 Å². The number of fused-ring (bicyclic) bond motifs is 1. The Morgan fingerprint density at radius 1 is 0.960 bits per heavy atom. The first-order chi connectivity index (χ1) is 12.3. The lowest BCUT2D eigenvalue weighted by atomic mass is 10.1. The Labute approximate surface area is 144 Å². The van der Waals surface area contributed by atoms with Crippen molar-refractivity contribution in [3.05, 3.63) is 78.6 Å². The van der Waals surface area contributed by atoms with E-state index >= 15 is 0 Å². The SMILES string of the molecule is COc1ccccc1-c1nc2ccccc2n1C(=O)c1ccncc1. The van der Waals surface area contributed by atoms with Gasteiger partial charge in [-0.3, -0.25) is 14.3 Å². The number of hydrogen-bond acceptors (Lipinski definition) is 4. The largest absolute Gasteiger partial charge is 0.496 e. The summed E-state index contributed by atoms with van der Waals surface area (Å²) in [4.78, 5) is 21.8. The number of carbonyl (C=O) groups excluding carboxylic acids is 1. The summed E-state index contributed by atoms with van der Waals surface area (Å²) in [5.41, 5.74) is 2.83. The van der Waals surface area contributed by atoms with Crippen LogP contribution in [0.3, 0.4) is 0 Å². The molecule has 0 unspecified atom stereocenters. The number of hydrogen-bond donors (Lipinski definition) is 0. The molecule has 0 bridgehead atoms. The molecule has 0 saturated carbocycles. The lowest BCUT2D eigenvalue weighted by molar-refractivity contribution is 0.0966. The highest BCUT2D eigenvalue weighted by molar-refractivity contribution is 6.04. The van der Waals surface area contributed by atoms with E-state index in [1.807, 2.05) is 48.5 Å². The number of benzene rings is 2. The number of nitrogens with zero attached hydrogens (tertiary/aromatic N) is 3. The molecule has 0 saturated heterocycles. The zero-order valence-corrected chi connectivity index (χ0v) is 13.6. The van der Waals surface area contributed by atoms with Gasteiger partial charge in [-0.05, 0) is 36.4 Å². The first kappa shape index (κ1) is 15.1. The Morgan fingerprint density at radius 3 is 2.48 bits per heavy atom. The van der Waals surface area contributed by atoms with Gasteiger partial charge < -0.3 is 4.74 Å². The normalized spacial score (nSPS) is 10.8. The van der Waals surface area contributed by atoms with Crippen molar-refractivity contribution in [2.75, 3.05) is 7.11 Å². The van der Waals surface area contributed by atoms with Crippen molar-refractivity contribution in [1.29, 1.82) is 0 Å². The van der Waals surface area contributed by atoms with Gasteiger partial charge in [0.25, 0.3) is 5.91 Å². The number of rotatable bonds is 3. The van der Waals surface area contributed by atoms with Gasteiger partial charge in [-0.15, -0.1) is 0 Å². The molecule has 4 aromatic rings. The Bertz CT molecular complexity index is 1050. The van der Waals surface area contributed by atoms with E-state index in [4.69, 9.17) is 4.74 Å². The van der Waals surface area contributed by atoms with Gasteiger partial charge in [0.1, 0.15) is 5.75 Å². The lowest BCUT2D eigenvalue weighted by Gasteiger charge is -2.11. The Hall–Kier alpha value is -3.47. The van der Waals surface area contributed by atoms with Crippen LogP contribution in [0.5, 0.6) is 5.75 Å². The second-order valence-corrected chi connectivity index (χ2v) is 5.50. The maximum absolute atomic E-state index is 13.2. The molecule has 0 radical (unpaired) electrons. The maximum atomic E-state index is 13.2. The minimum absolute atomic E-state index is 0.156. The van der Waals surface area contributed by atoms with E-state index in [0.29, 0.717) is 17.1 Å². The molecule has 0 aliphatic carbocycles. The summed E-state index contributed by atoms with van der Waals surface area (Å²) in [6, 6.07) is 18.5. The molecule has 0 aliphatic heterocycles. The van der Waals surface area contributed by atoms with E-state index in [0.717, 1.165) is 16.6 Å². The van der Waals surface area contributed by atoms with E-state index in [-0.39, 0.29) is 5.91 Å². The average molecular weight is 329 g/mol. The molecule has 122 valence electrons. The molecule has 0 spiro atoms. The Kier molecular flexibility index (Phi) is 3.74. The van der Waals surface area contributed by atoms with Gasteiger partial charge in [0.2, 0.25) is 0 Å². The summed E-state index contributed by atoms with van der Waals surface area (Å²) < 4.78 is 7.09. The molecule has 0 aliphatic rings. The van der Waals surface area contributed by atoms with Crippen molar-refractivity contribution in [2.45, 2.75) is 0 Å². The van der Waals surface area contributed by atoms with E-state index in [9.17, 15) is 4.79 Å². The summed E-state index contributed by atoms with van der Waals surface area (Å²) in [6.45, 7) is 0. The fraction of sp³-hybridized carbons (Fsp3) is 0.0500. The first-order valence-electron chi connectivity index (χ1n) is 7.85. The van der Waals surface area contributed by atoms with Crippen molar-refractivity contribution < 1.29 is 9.53 Å². The molecular weight excluding hydrogens is 314 g/mol. The van der Waals surface area contributed by atoms with Crippen LogP contribution in [-0.4, -0.2) is 27.6 Å². The average Bonchev–Trinajstić information content (AvgIpc) is 3.07. The number of aromatic nitrogens is 3. The van der Waals surface area contributed by atoms with Gasteiger partial charge in [0, 0.05) is 18.0 Å². The standard InChI is InChI=1S/C20H15N3O2/c1-25-18-9-5-2-6-15(18)19-22-16-7-3-4-8-17(16)23(19)20(24)14-10-12-21-13-11-14/h2-13H,1H3. The molecule has 5 nitrogen and oxygen atoms in total. The third kappa shape index (κ3) is 2.55. The molecule has 4 rings (SSSR count). The van der Waals surface area contributed by atoms with Crippen LogP contribution in [0.2, 0.25) is 0 Å². The van der Waals surface area contributed by atoms with Crippen LogP contribution in [0.1, 0.15) is 10.4 Å². The minimum Gasteiger partial charge on any atom is -0.496 e. The number of para-hydroxylation sites is 3. The van der Waals surface area contributed by atoms with Crippen LogP contribution in [-0.2, 0) is 0 Å². The van der Waals surface area contributed by atoms with Crippen LogP contribution in [0.25, 0.3) is 22.4 Å². The number of imidazole rings is 1. The molecule has 0 amide bonds. The van der Waals surface area contributed by atoms with E-state index < -0.39 is 0 Å². The number of methoxy groups -OCH3 is 1. The highest BCUT2D eigenvalue weighted by Gasteiger charge is 2.21. The van der Waals surface area contributed by atoms with Gasteiger partial charge in [-0.25, -0.2) is 4.98 Å². The van der Waals surface area contributed by atoms with Gasteiger partial charge in [-0.1, -0.05) is 24.3 Å². The minimum atomic E-state index is -0.156. The molecule has 0 fully saturated rings. The third-order valence-corrected chi connectivity index (χ3v) is 4.04. The Morgan fingerprint density at radius 2 is 1.68 bits per heavy atom. The molecule has 5 heteroatoms. The molecule has 25 heavy (non-hydrogen) atoms. The van der Waals surface area contributed by atoms with E-state index in [1.54, 1.807) is 36.2 Å². The van der Waals surface area contributed by atoms with Crippen molar-refractivity contribution >= 4 is 16.9 Å². The topological polar surface area (TPSA) is 57.0 Å². The number of ether oxygens (including phenoxy) is 1. The van der Waals surface area contributed by atoms with Crippen molar-refractivity contribution in [3.8, 4) is 17.1 Å². The number of pyridine rings is 1. The summed E-state index contributed by atoms with van der Waals surface area (Å²) in [5, 5.41) is 0. The smallest absolute Gasteiger partial charge is 0.264 e. The Balaban J connectivity index is 2.01. The van der Waals surface area contributed by atoms with Crippen molar-refractivity contribution in [3.63, 3.8) is 0 Å². The molecule has 2 aromatic heterocycles. The quantitative estimate of drug-likeness (QED) is 0.574. The summed E-state index contributed by atoms with van der Waals surface area (Å²) in [6.07, 6.45) is 3.21. The van der Waals surface area contributed by atoms with Gasteiger partial charge in [-0.2, -0.15) is 0 Å². The zero-order valence-electron chi connectivity index (χ0n) is 13.6. The van der Waals surface area contributed by atoms with Gasteiger partial charge in [0.05, 0.1) is 23.7 Å². The molecule has 2 heterocycles. The van der Waals surface area contributed by atoms with Gasteiger partial charge in [0.15, 0.2) is 5.82 Å². The summed E-state index contributed by atoms with van der Waals surface area (Å²) >= 11 is 0. The van der Waals surface area contributed by atoms with Gasteiger partial charge >= 0.3 is 0 Å². The third-order valence-electron chi connectivity index (χ3n) is 4.04. The fourth-order valence-electron chi connectivity index (χ4n) is 2.87. The predicted molar refractivity (Wildman–Crippen MR) is 95.7 cm³/mol. The second kappa shape index (κ2) is 6.20. The zero-order chi connectivity index (χ0) is 17.2. The highest BCUT2D eigenvalue weighted by atomic mass is 16.5. The molecule has 2 aromatic carbocycles. The van der Waals surface area contributed by atoms with Crippen LogP contribution >= 0.6 is 0 Å². The highest BCUT2D eigenvalue weighted by Crippen LogP contribution is 2.32. The molecular formula is C20H15N3O2. The van der Waals surface area contributed by atoms with E-state index in [1.165, 1.54) is 0 Å². The van der Waals surface area contributed by atoms with Crippen molar-refractivity contribution in [1.82, 2.24) is 14.5 Å². The van der Waals surface area contributed by atoms with Crippen LogP contribution < -0.4 is 4.74 Å². The second-order valence-electron chi connectivity index (χ2n) is 5.50. The van der Waals surface area contributed by atoms with Crippen molar-refractivity contribution in [2.24, 2.45) is 0 Å². The van der Waals surface area contributed by atoms with E-state index in [2.05, 4.69) is 9.97 Å². The maximum Gasteiger partial charge on any atom is 0.264 e. The predicted octanol–water partition coefficient (Wildman–Crippen LogP) is 3.80. The summed E-state index contributed by atoms with van der Waals surface area (Å²) in [7, 11) is 1.61. The molecule has 0 N–H and O–H groups in total. The van der Waals surface area contributed by atoms with Crippen LogP contribution in [0.4, 0.5) is 0 Å². The summed E-state index contributed by atoms with van der Waals surface area (Å²) in [5.74, 6) is 1.07. The fourth-order valence-corrected chi connectivity index (χ4v) is 2.87. The monoisotopic (exact) mass is 329 g/mol. The van der Waals surface area contributed by atoms with Crippen LogP contribution in [0, 0.1) is 0 Å². The molecule has 0 atom stereocenters.